The van der Waals surface area contributed by atoms with E-state index in [1.807, 2.05) is 30.3 Å². The largest absolute Gasteiger partial charge is 0.416 e. The van der Waals surface area contributed by atoms with E-state index in [2.05, 4.69) is 5.32 Å². The van der Waals surface area contributed by atoms with Crippen LogP contribution < -0.4 is 5.32 Å². The van der Waals surface area contributed by atoms with Crippen molar-refractivity contribution in [3.63, 3.8) is 0 Å². The van der Waals surface area contributed by atoms with Crippen LogP contribution in [0, 0.1) is 0 Å². The Morgan fingerprint density at radius 2 is 1.53 bits per heavy atom. The predicted octanol–water partition coefficient (Wildman–Crippen LogP) is 5.55. The monoisotopic (exact) mass is 429 g/mol. The number of piperidine rings is 1. The number of aryl methyl sites for hydroxylation is 1. The molecule has 2 aromatic rings. The molecular weight excluding hydrogens is 408 g/mol. The molecule has 0 radical (unpaired) electrons. The molecule has 1 heterocycles. The molecular formula is C22H21F6NO. The van der Waals surface area contributed by atoms with E-state index in [0.717, 1.165) is 11.6 Å². The Morgan fingerprint density at radius 1 is 0.900 bits per heavy atom. The minimum absolute atomic E-state index is 0.122. The highest BCUT2D eigenvalue weighted by Gasteiger charge is 2.41. The van der Waals surface area contributed by atoms with Gasteiger partial charge in [-0.25, -0.2) is 0 Å². The van der Waals surface area contributed by atoms with Crippen molar-refractivity contribution in [2.24, 2.45) is 0 Å². The number of ketones is 1. The average molecular weight is 429 g/mol. The van der Waals surface area contributed by atoms with Crippen LogP contribution in [0.1, 0.15) is 41.5 Å². The topological polar surface area (TPSA) is 29.1 Å². The van der Waals surface area contributed by atoms with E-state index < -0.39 is 28.9 Å². The smallest absolute Gasteiger partial charge is 0.317 e. The Labute approximate surface area is 170 Å². The Bertz CT molecular complexity index is 883. The number of Topliss-reactive ketones (excluding diaryl/α,β-unsaturated/α-hetero) is 1. The van der Waals surface area contributed by atoms with E-state index in [0.29, 0.717) is 32.0 Å². The highest BCUT2D eigenvalue weighted by molar-refractivity contribution is 5.90. The molecule has 2 aromatic carbocycles. The van der Waals surface area contributed by atoms with Crippen molar-refractivity contribution in [3.8, 4) is 0 Å². The first kappa shape index (κ1) is 22.3. The quantitative estimate of drug-likeness (QED) is 0.632. The van der Waals surface area contributed by atoms with E-state index in [4.69, 9.17) is 0 Å². The van der Waals surface area contributed by atoms with Gasteiger partial charge in [-0.1, -0.05) is 36.4 Å². The van der Waals surface area contributed by atoms with Crippen molar-refractivity contribution in [2.45, 2.75) is 43.5 Å². The normalized spacial score (nSPS) is 17.0. The molecule has 0 spiro atoms. The maximum atomic E-state index is 13.4. The maximum Gasteiger partial charge on any atom is 0.416 e. The summed E-state index contributed by atoms with van der Waals surface area (Å²) >= 11 is 0. The van der Waals surface area contributed by atoms with Crippen LogP contribution >= 0.6 is 0 Å². The molecule has 1 aliphatic rings. The first-order valence-corrected chi connectivity index (χ1v) is 9.61. The predicted molar refractivity (Wildman–Crippen MR) is 100.0 cm³/mol. The van der Waals surface area contributed by atoms with Crippen molar-refractivity contribution < 1.29 is 31.1 Å². The molecule has 0 bridgehead atoms. The van der Waals surface area contributed by atoms with Gasteiger partial charge in [0, 0.05) is 6.42 Å². The summed E-state index contributed by atoms with van der Waals surface area (Å²) in [6.45, 7) is 1.21. The van der Waals surface area contributed by atoms with E-state index in [1.165, 1.54) is 0 Å². The van der Waals surface area contributed by atoms with Crippen molar-refractivity contribution >= 4 is 5.78 Å². The van der Waals surface area contributed by atoms with Gasteiger partial charge in [-0.05, 0) is 55.6 Å². The van der Waals surface area contributed by atoms with E-state index >= 15 is 0 Å². The molecule has 0 aromatic heterocycles. The molecule has 0 atom stereocenters. The molecule has 0 aliphatic carbocycles. The number of alkyl halides is 6. The zero-order valence-corrected chi connectivity index (χ0v) is 16.0. The first-order chi connectivity index (χ1) is 14.0. The van der Waals surface area contributed by atoms with Gasteiger partial charge in [0.1, 0.15) is 5.78 Å². The molecule has 8 heteroatoms. The van der Waals surface area contributed by atoms with Crippen LogP contribution in [0.4, 0.5) is 26.3 Å². The van der Waals surface area contributed by atoms with Gasteiger partial charge < -0.3 is 5.32 Å². The lowest BCUT2D eigenvalue weighted by Crippen LogP contribution is -2.45. The fourth-order valence-corrected chi connectivity index (χ4v) is 4.06. The summed E-state index contributed by atoms with van der Waals surface area (Å²) in [5, 5.41) is 3.18. The number of carbonyl (C=O) groups is 1. The fraction of sp³-hybridized carbons (Fsp3) is 0.409. The van der Waals surface area contributed by atoms with Crippen LogP contribution in [-0.4, -0.2) is 18.9 Å². The van der Waals surface area contributed by atoms with Crippen LogP contribution in [0.15, 0.2) is 48.5 Å². The minimum Gasteiger partial charge on any atom is -0.317 e. The zero-order valence-electron chi connectivity index (χ0n) is 16.0. The van der Waals surface area contributed by atoms with Crippen LogP contribution in [0.2, 0.25) is 0 Å². The zero-order chi connectivity index (χ0) is 22.0. The molecule has 0 unspecified atom stereocenters. The molecule has 1 N–H and O–H groups in total. The highest BCUT2D eigenvalue weighted by Crippen LogP contribution is 2.39. The van der Waals surface area contributed by atoms with Gasteiger partial charge in [0.25, 0.3) is 0 Å². The minimum atomic E-state index is -4.94. The van der Waals surface area contributed by atoms with Crippen LogP contribution in [-0.2, 0) is 29.0 Å². The summed E-state index contributed by atoms with van der Waals surface area (Å²) in [4.78, 5) is 13.2. The molecule has 1 aliphatic heterocycles. The third-order valence-electron chi connectivity index (χ3n) is 5.68. The summed E-state index contributed by atoms with van der Waals surface area (Å²) < 4.78 is 78.7. The SMILES string of the molecule is O=C(CCc1ccc(C(F)(F)F)cc1C(F)(F)F)C1(c2ccccc2)CCNCC1. The van der Waals surface area contributed by atoms with E-state index in [-0.39, 0.29) is 30.3 Å². The average Bonchev–Trinajstić information content (AvgIpc) is 2.71. The Kier molecular flexibility index (Phi) is 6.26. The lowest BCUT2D eigenvalue weighted by Gasteiger charge is -2.37. The van der Waals surface area contributed by atoms with Gasteiger partial charge in [0.05, 0.1) is 16.5 Å². The number of carbonyl (C=O) groups excluding carboxylic acids is 1. The Morgan fingerprint density at radius 3 is 2.10 bits per heavy atom. The molecule has 2 nitrogen and oxygen atoms in total. The summed E-state index contributed by atoms with van der Waals surface area (Å²) in [6, 6.07) is 10.7. The lowest BCUT2D eigenvalue weighted by atomic mass is 9.69. The third-order valence-corrected chi connectivity index (χ3v) is 5.68. The maximum absolute atomic E-state index is 13.4. The van der Waals surface area contributed by atoms with Crippen LogP contribution in [0.3, 0.4) is 0 Å². The number of halogens is 6. The number of nitrogens with one attached hydrogen (secondary N) is 1. The van der Waals surface area contributed by atoms with Crippen molar-refractivity contribution in [2.75, 3.05) is 13.1 Å². The van der Waals surface area contributed by atoms with Crippen molar-refractivity contribution in [3.05, 3.63) is 70.8 Å². The van der Waals surface area contributed by atoms with Gasteiger partial charge in [-0.15, -0.1) is 0 Å². The standard InChI is InChI=1S/C22H21F6NO/c23-21(24,25)17-8-6-15(18(14-17)22(26,27)28)7-9-19(30)20(10-12-29-13-11-20)16-4-2-1-3-5-16/h1-6,8,14,29H,7,9-13H2. The highest BCUT2D eigenvalue weighted by atomic mass is 19.4. The summed E-state index contributed by atoms with van der Waals surface area (Å²) in [5.74, 6) is -0.191. The van der Waals surface area contributed by atoms with Crippen LogP contribution in [0.5, 0.6) is 0 Å². The second kappa shape index (κ2) is 8.41. The summed E-state index contributed by atoms with van der Waals surface area (Å²) in [6.07, 6.45) is -9.21. The Balaban J connectivity index is 1.87. The molecule has 30 heavy (non-hydrogen) atoms. The Hall–Kier alpha value is -2.35. The van der Waals surface area contributed by atoms with Crippen molar-refractivity contribution in [1.29, 1.82) is 0 Å². The van der Waals surface area contributed by atoms with Gasteiger partial charge in [-0.2, -0.15) is 26.3 Å². The van der Waals surface area contributed by atoms with E-state index in [9.17, 15) is 31.1 Å². The second-order valence-corrected chi connectivity index (χ2v) is 7.49. The molecule has 0 saturated carbocycles. The summed E-state index contributed by atoms with van der Waals surface area (Å²) in [5.41, 5.74) is -2.98. The number of benzene rings is 2. The first-order valence-electron chi connectivity index (χ1n) is 9.61. The number of rotatable bonds is 5. The second-order valence-electron chi connectivity index (χ2n) is 7.49. The molecule has 3 rings (SSSR count). The van der Waals surface area contributed by atoms with E-state index in [1.54, 1.807) is 0 Å². The fourth-order valence-electron chi connectivity index (χ4n) is 4.06. The van der Waals surface area contributed by atoms with Gasteiger partial charge in [-0.3, -0.25) is 4.79 Å². The van der Waals surface area contributed by atoms with Crippen LogP contribution in [0.25, 0.3) is 0 Å². The number of hydrogen-bond acceptors (Lipinski definition) is 2. The molecule has 1 saturated heterocycles. The van der Waals surface area contributed by atoms with Gasteiger partial charge in [0.2, 0.25) is 0 Å². The summed E-state index contributed by atoms with van der Waals surface area (Å²) in [7, 11) is 0. The third kappa shape index (κ3) is 4.69. The number of hydrogen-bond donors (Lipinski definition) is 1. The molecule has 1 fully saturated rings. The van der Waals surface area contributed by atoms with Gasteiger partial charge >= 0.3 is 12.4 Å². The van der Waals surface area contributed by atoms with Gasteiger partial charge in [0.15, 0.2) is 0 Å². The molecule has 0 amide bonds. The van der Waals surface area contributed by atoms with Crippen molar-refractivity contribution in [1.82, 2.24) is 5.32 Å². The molecule has 162 valence electrons. The lowest BCUT2D eigenvalue weighted by molar-refractivity contribution is -0.143.